The number of hydrogen-bond acceptors (Lipinski definition) is 5. The molecule has 7 nitrogen and oxygen atoms in total. The number of nitrogens with one attached hydrogen (secondary N) is 1. The zero-order chi connectivity index (χ0) is 18.0. The summed E-state index contributed by atoms with van der Waals surface area (Å²) in [6, 6.07) is 9.25. The van der Waals surface area contributed by atoms with Crippen molar-refractivity contribution in [1.29, 1.82) is 0 Å². The molecule has 0 bridgehead atoms. The van der Waals surface area contributed by atoms with Gasteiger partial charge in [0, 0.05) is 29.2 Å². The minimum Gasteiger partial charge on any atom is -0.455 e. The fraction of sp³-hybridized carbons (Fsp3) is 0.0588. The van der Waals surface area contributed by atoms with Crippen LogP contribution in [0.15, 0.2) is 48.7 Å². The highest BCUT2D eigenvalue weighted by molar-refractivity contribution is 6.43. The Hall–Kier alpha value is -3.55. The van der Waals surface area contributed by atoms with E-state index >= 15 is 0 Å². The standard InChI is InChI=1S/C17H11FN2O5/c18-11-3-1-10(2-4-11)9-25-17(22)16(21)14-8-19-15-6-5-12(20(23)24)7-13(14)15/h1-8,19H,9H2. The van der Waals surface area contributed by atoms with Crippen LogP contribution in [0.4, 0.5) is 10.1 Å². The zero-order valence-corrected chi connectivity index (χ0v) is 12.7. The van der Waals surface area contributed by atoms with Crippen molar-refractivity contribution in [3.8, 4) is 0 Å². The maximum atomic E-state index is 12.8. The lowest BCUT2D eigenvalue weighted by Gasteiger charge is -2.04. The van der Waals surface area contributed by atoms with Crippen molar-refractivity contribution in [2.75, 3.05) is 0 Å². The summed E-state index contributed by atoms with van der Waals surface area (Å²) in [4.78, 5) is 37.2. The molecule has 1 aromatic heterocycles. The molecule has 1 N–H and O–H groups in total. The van der Waals surface area contributed by atoms with E-state index in [4.69, 9.17) is 4.74 Å². The number of esters is 1. The molecular weight excluding hydrogens is 331 g/mol. The van der Waals surface area contributed by atoms with Gasteiger partial charge in [0.25, 0.3) is 11.5 Å². The number of benzene rings is 2. The Kier molecular flexibility index (Phi) is 4.25. The lowest BCUT2D eigenvalue weighted by molar-refractivity contribution is -0.384. The number of H-pyrrole nitrogens is 1. The smallest absolute Gasteiger partial charge is 0.380 e. The Labute approximate surface area is 140 Å². The Bertz CT molecular complexity index is 978. The summed E-state index contributed by atoms with van der Waals surface area (Å²) >= 11 is 0. The molecule has 25 heavy (non-hydrogen) atoms. The molecule has 0 atom stereocenters. The molecule has 3 rings (SSSR count). The minimum atomic E-state index is -1.10. The molecule has 0 saturated carbocycles. The number of rotatable bonds is 5. The van der Waals surface area contributed by atoms with E-state index in [0.717, 1.165) is 0 Å². The van der Waals surface area contributed by atoms with Crippen LogP contribution in [-0.2, 0) is 16.1 Å². The third-order valence-electron chi connectivity index (χ3n) is 3.59. The van der Waals surface area contributed by atoms with Crippen LogP contribution in [0.5, 0.6) is 0 Å². The second-order valence-electron chi connectivity index (χ2n) is 5.22. The van der Waals surface area contributed by atoms with Crippen LogP contribution in [0.3, 0.4) is 0 Å². The predicted molar refractivity (Wildman–Crippen MR) is 85.5 cm³/mol. The van der Waals surface area contributed by atoms with E-state index in [-0.39, 0.29) is 23.2 Å². The molecule has 0 aliphatic carbocycles. The number of hydrogen-bond donors (Lipinski definition) is 1. The molecule has 8 heteroatoms. The average Bonchev–Trinajstić information content (AvgIpc) is 3.03. The summed E-state index contributed by atoms with van der Waals surface area (Å²) in [5, 5.41) is 11.1. The summed E-state index contributed by atoms with van der Waals surface area (Å²) < 4.78 is 17.7. The van der Waals surface area contributed by atoms with Crippen molar-refractivity contribution in [3.63, 3.8) is 0 Å². The molecule has 0 amide bonds. The van der Waals surface area contributed by atoms with Gasteiger partial charge in [0.15, 0.2) is 0 Å². The van der Waals surface area contributed by atoms with E-state index in [1.54, 1.807) is 0 Å². The van der Waals surface area contributed by atoms with E-state index in [0.29, 0.717) is 11.1 Å². The van der Waals surface area contributed by atoms with Crippen molar-refractivity contribution in [1.82, 2.24) is 4.98 Å². The molecule has 0 radical (unpaired) electrons. The van der Waals surface area contributed by atoms with Crippen LogP contribution < -0.4 is 0 Å². The first kappa shape index (κ1) is 16.3. The molecule has 0 aliphatic heterocycles. The highest BCUT2D eigenvalue weighted by Gasteiger charge is 2.22. The fourth-order valence-corrected chi connectivity index (χ4v) is 2.32. The summed E-state index contributed by atoms with van der Waals surface area (Å²) in [6.07, 6.45) is 1.30. The van der Waals surface area contributed by atoms with Crippen LogP contribution >= 0.6 is 0 Å². The van der Waals surface area contributed by atoms with Gasteiger partial charge in [0.05, 0.1) is 10.5 Å². The molecular formula is C17H11FN2O5. The van der Waals surface area contributed by atoms with Gasteiger partial charge in [-0.2, -0.15) is 0 Å². The number of aromatic nitrogens is 1. The number of ketones is 1. The van der Waals surface area contributed by atoms with E-state index in [9.17, 15) is 24.1 Å². The number of Topliss-reactive ketones (excluding diaryl/α,β-unsaturated/α-hetero) is 1. The third kappa shape index (κ3) is 3.37. The van der Waals surface area contributed by atoms with Crippen LogP contribution in [0, 0.1) is 15.9 Å². The average molecular weight is 342 g/mol. The number of halogens is 1. The highest BCUT2D eigenvalue weighted by atomic mass is 19.1. The molecule has 1 heterocycles. The Balaban J connectivity index is 1.78. The molecule has 0 unspecified atom stereocenters. The van der Waals surface area contributed by atoms with Gasteiger partial charge in [-0.05, 0) is 23.8 Å². The first-order chi connectivity index (χ1) is 12.0. The van der Waals surface area contributed by atoms with Crippen LogP contribution in [0.1, 0.15) is 15.9 Å². The number of carbonyl (C=O) groups is 2. The first-order valence-corrected chi connectivity index (χ1v) is 7.17. The molecule has 0 fully saturated rings. The van der Waals surface area contributed by atoms with E-state index in [1.807, 2.05) is 0 Å². The monoisotopic (exact) mass is 342 g/mol. The fourth-order valence-electron chi connectivity index (χ4n) is 2.32. The number of non-ortho nitro benzene ring substituents is 1. The minimum absolute atomic E-state index is 0.0113. The molecule has 126 valence electrons. The van der Waals surface area contributed by atoms with Crippen LogP contribution in [0.25, 0.3) is 10.9 Å². The number of fused-ring (bicyclic) bond motifs is 1. The Morgan fingerprint density at radius 1 is 1.16 bits per heavy atom. The van der Waals surface area contributed by atoms with E-state index in [1.165, 1.54) is 48.7 Å². The van der Waals surface area contributed by atoms with Crippen molar-refractivity contribution < 1.29 is 23.6 Å². The summed E-state index contributed by atoms with van der Waals surface area (Å²) in [5.74, 6) is -2.45. The number of ether oxygens (including phenoxy) is 1. The second-order valence-corrected chi connectivity index (χ2v) is 5.22. The summed E-state index contributed by atoms with van der Waals surface area (Å²) in [7, 11) is 0. The van der Waals surface area contributed by atoms with Gasteiger partial charge in [-0.1, -0.05) is 12.1 Å². The van der Waals surface area contributed by atoms with Gasteiger partial charge in [-0.15, -0.1) is 0 Å². The SMILES string of the molecule is O=C(OCc1ccc(F)cc1)C(=O)c1c[nH]c2ccc([N+](=O)[O-])cc12. The molecule has 0 spiro atoms. The molecule has 2 aromatic carbocycles. The second kappa shape index (κ2) is 6.52. The Morgan fingerprint density at radius 3 is 2.56 bits per heavy atom. The summed E-state index contributed by atoms with van der Waals surface area (Å²) in [5.41, 5.74) is 0.807. The zero-order valence-electron chi connectivity index (χ0n) is 12.7. The van der Waals surface area contributed by atoms with Gasteiger partial charge in [0.2, 0.25) is 0 Å². The molecule has 0 saturated heterocycles. The topological polar surface area (TPSA) is 102 Å². The Morgan fingerprint density at radius 2 is 1.88 bits per heavy atom. The first-order valence-electron chi connectivity index (χ1n) is 7.17. The lowest BCUT2D eigenvalue weighted by atomic mass is 10.1. The van der Waals surface area contributed by atoms with Crippen LogP contribution in [0.2, 0.25) is 0 Å². The third-order valence-corrected chi connectivity index (χ3v) is 3.59. The number of nitrogens with zero attached hydrogens (tertiary/aromatic N) is 1. The molecule has 0 aliphatic rings. The molecule has 3 aromatic rings. The normalized spacial score (nSPS) is 10.6. The van der Waals surface area contributed by atoms with Gasteiger partial charge in [-0.25, -0.2) is 9.18 Å². The number of aromatic amines is 1. The van der Waals surface area contributed by atoms with Gasteiger partial charge >= 0.3 is 5.97 Å². The van der Waals surface area contributed by atoms with E-state index in [2.05, 4.69) is 4.98 Å². The van der Waals surface area contributed by atoms with Crippen LogP contribution in [-0.4, -0.2) is 21.7 Å². The summed E-state index contributed by atoms with van der Waals surface area (Å²) in [6.45, 7) is -0.187. The highest BCUT2D eigenvalue weighted by Crippen LogP contribution is 2.24. The predicted octanol–water partition coefficient (Wildman–Crippen LogP) is 3.14. The van der Waals surface area contributed by atoms with Crippen molar-refractivity contribution in [3.05, 3.63) is 75.7 Å². The van der Waals surface area contributed by atoms with Crippen molar-refractivity contribution in [2.45, 2.75) is 6.61 Å². The lowest BCUT2D eigenvalue weighted by Crippen LogP contribution is -2.17. The number of carbonyl (C=O) groups excluding carboxylic acids is 2. The maximum absolute atomic E-state index is 12.8. The number of nitro groups is 1. The van der Waals surface area contributed by atoms with Crippen molar-refractivity contribution >= 4 is 28.3 Å². The van der Waals surface area contributed by atoms with Gasteiger partial charge in [0.1, 0.15) is 12.4 Å². The number of nitro benzene ring substituents is 1. The van der Waals surface area contributed by atoms with E-state index < -0.39 is 22.5 Å². The maximum Gasteiger partial charge on any atom is 0.380 e. The largest absolute Gasteiger partial charge is 0.455 e. The van der Waals surface area contributed by atoms with Gasteiger partial charge in [-0.3, -0.25) is 14.9 Å². The van der Waals surface area contributed by atoms with Gasteiger partial charge < -0.3 is 9.72 Å². The van der Waals surface area contributed by atoms with Crippen molar-refractivity contribution in [2.24, 2.45) is 0 Å². The quantitative estimate of drug-likeness (QED) is 0.252.